The van der Waals surface area contributed by atoms with Crippen molar-refractivity contribution in [3.63, 3.8) is 0 Å². The molecule has 1 aliphatic rings. The summed E-state index contributed by atoms with van der Waals surface area (Å²) in [4.78, 5) is 5.04. The molecule has 1 aliphatic carbocycles. The number of nitrogens with zero attached hydrogens (tertiary/aromatic N) is 2. The van der Waals surface area contributed by atoms with Gasteiger partial charge in [0.15, 0.2) is 0 Å². The molecule has 7 rings (SSSR count). The molecule has 0 fully saturated rings. The monoisotopic (exact) mass is 532 g/mol. The average Bonchev–Trinajstić information content (AvgIpc) is 3.44. The molecule has 4 aromatic carbocycles. The van der Waals surface area contributed by atoms with Gasteiger partial charge in [0, 0.05) is 33.8 Å². The van der Waals surface area contributed by atoms with E-state index >= 15 is 0 Å². The summed E-state index contributed by atoms with van der Waals surface area (Å²) in [6, 6.07) is 37.6. The van der Waals surface area contributed by atoms with Gasteiger partial charge in [0.1, 0.15) is 0 Å². The number of hydrogen-bond donors (Lipinski definition) is 0. The molecule has 0 radical (unpaired) electrons. The fourth-order valence-corrected chi connectivity index (χ4v) is 6.76. The van der Waals surface area contributed by atoms with Crippen LogP contribution in [0, 0.1) is 0 Å². The lowest BCUT2D eigenvalue weighted by Gasteiger charge is -2.23. The molecule has 0 N–H and O–H groups in total. The minimum Gasteiger partial charge on any atom is -0.309 e. The van der Waals surface area contributed by atoms with Gasteiger partial charge in [0.25, 0.3) is 0 Å². The predicted molar refractivity (Wildman–Crippen MR) is 174 cm³/mol. The van der Waals surface area contributed by atoms with E-state index in [1.165, 1.54) is 55.2 Å². The topological polar surface area (TPSA) is 17.8 Å². The van der Waals surface area contributed by atoms with Crippen molar-refractivity contribution in [3.8, 4) is 16.9 Å². The normalized spacial score (nSPS) is 14.7. The zero-order valence-corrected chi connectivity index (χ0v) is 24.8. The van der Waals surface area contributed by atoms with E-state index in [9.17, 15) is 0 Å². The highest BCUT2D eigenvalue weighted by molar-refractivity contribution is 6.02. The van der Waals surface area contributed by atoms with Crippen molar-refractivity contribution in [2.75, 3.05) is 0 Å². The highest BCUT2D eigenvalue weighted by atomic mass is 15.0. The van der Waals surface area contributed by atoms with E-state index in [4.69, 9.17) is 4.98 Å². The molecule has 0 amide bonds. The van der Waals surface area contributed by atoms with Crippen LogP contribution in [0.5, 0.6) is 0 Å². The summed E-state index contributed by atoms with van der Waals surface area (Å²) < 4.78 is 2.43. The van der Waals surface area contributed by atoms with Crippen LogP contribution in [0.1, 0.15) is 63.9 Å². The fraction of sp³-hybridized carbons (Fsp3) is 0.205. The number of fused-ring (bicyclic) bond motifs is 3. The van der Waals surface area contributed by atoms with Crippen LogP contribution in [0.25, 0.3) is 44.2 Å². The highest BCUT2D eigenvalue weighted by Crippen LogP contribution is 2.50. The molecule has 202 valence electrons. The van der Waals surface area contributed by atoms with Gasteiger partial charge in [-0.05, 0) is 76.2 Å². The molecule has 2 heterocycles. The molecule has 0 aliphatic heterocycles. The Bertz CT molecular complexity index is 2000. The fourth-order valence-electron chi connectivity index (χ4n) is 6.76. The van der Waals surface area contributed by atoms with Gasteiger partial charge in [-0.1, -0.05) is 107 Å². The molecule has 0 spiro atoms. The number of pyridine rings is 1. The van der Waals surface area contributed by atoms with E-state index in [1.54, 1.807) is 0 Å². The molecular formula is C39H36N2. The Hall–Kier alpha value is -4.43. The van der Waals surface area contributed by atoms with E-state index in [2.05, 4.69) is 149 Å². The van der Waals surface area contributed by atoms with Crippen LogP contribution in [0.15, 0.2) is 115 Å². The first-order chi connectivity index (χ1) is 19.7. The maximum absolute atomic E-state index is 5.04. The molecule has 2 nitrogen and oxygen atoms in total. The van der Waals surface area contributed by atoms with Gasteiger partial charge >= 0.3 is 0 Å². The van der Waals surface area contributed by atoms with E-state index in [-0.39, 0.29) is 10.8 Å². The summed E-state index contributed by atoms with van der Waals surface area (Å²) in [5.74, 6) is 0. The molecule has 0 unspecified atom stereocenters. The van der Waals surface area contributed by atoms with Gasteiger partial charge in [0.2, 0.25) is 0 Å². The van der Waals surface area contributed by atoms with Crippen LogP contribution >= 0.6 is 0 Å². The van der Waals surface area contributed by atoms with Crippen LogP contribution in [-0.2, 0) is 10.8 Å². The molecule has 0 saturated carbocycles. The molecule has 41 heavy (non-hydrogen) atoms. The van der Waals surface area contributed by atoms with Gasteiger partial charge in [0.05, 0.1) is 16.9 Å². The van der Waals surface area contributed by atoms with Crippen LogP contribution in [0.3, 0.4) is 0 Å². The molecular weight excluding hydrogens is 496 g/mol. The van der Waals surface area contributed by atoms with Crippen LogP contribution in [0.4, 0.5) is 0 Å². The van der Waals surface area contributed by atoms with E-state index < -0.39 is 0 Å². The predicted octanol–water partition coefficient (Wildman–Crippen LogP) is 10.3. The third kappa shape index (κ3) is 3.89. The number of hydrogen-bond acceptors (Lipinski definition) is 1. The van der Waals surface area contributed by atoms with Gasteiger partial charge in [-0.2, -0.15) is 0 Å². The molecule has 6 aromatic rings. The lowest BCUT2D eigenvalue weighted by atomic mass is 9.82. The van der Waals surface area contributed by atoms with Crippen molar-refractivity contribution in [1.82, 2.24) is 9.55 Å². The Labute approximate surface area is 243 Å². The number of allylic oxidation sites excluding steroid dienone is 1. The highest BCUT2D eigenvalue weighted by Gasteiger charge is 2.37. The average molecular weight is 533 g/mol. The third-order valence-corrected chi connectivity index (χ3v) is 9.13. The summed E-state index contributed by atoms with van der Waals surface area (Å²) >= 11 is 0. The number of aromatic nitrogens is 2. The summed E-state index contributed by atoms with van der Waals surface area (Å²) in [5.41, 5.74) is 12.5. The second-order valence-electron chi connectivity index (χ2n) is 13.0. The molecule has 0 bridgehead atoms. The Morgan fingerprint density at radius 3 is 2.22 bits per heavy atom. The molecule has 2 heteroatoms. The largest absolute Gasteiger partial charge is 0.309 e. The number of para-hydroxylation sites is 1. The van der Waals surface area contributed by atoms with Crippen molar-refractivity contribution in [2.45, 2.75) is 52.4 Å². The SMILES string of the molecule is CC1=C(c2cc3c(-c4cc(C(C)(C)C)c5ccccc5c4)nccc3n2-c2ccccc2)c2ccccc2C1(C)C. The van der Waals surface area contributed by atoms with Crippen molar-refractivity contribution >= 4 is 27.2 Å². The Morgan fingerprint density at radius 1 is 0.732 bits per heavy atom. The smallest absolute Gasteiger partial charge is 0.0796 e. The first-order valence-corrected chi connectivity index (χ1v) is 14.6. The summed E-state index contributed by atoms with van der Waals surface area (Å²) in [5, 5.41) is 3.73. The van der Waals surface area contributed by atoms with Crippen LogP contribution < -0.4 is 0 Å². The van der Waals surface area contributed by atoms with Crippen LogP contribution in [0.2, 0.25) is 0 Å². The van der Waals surface area contributed by atoms with Crippen LogP contribution in [-0.4, -0.2) is 9.55 Å². The second kappa shape index (κ2) is 9.04. The van der Waals surface area contributed by atoms with E-state index in [0.29, 0.717) is 0 Å². The standard InChI is InChI=1S/C39H36N2/c1-25-36(30-18-12-13-19-32(30)39(25,5)6)35-24-31-34(41(35)28-15-8-7-9-16-28)20-21-40-37(31)27-22-26-14-10-11-17-29(26)33(23-27)38(2,3)4/h7-24H,1-6H3. The maximum Gasteiger partial charge on any atom is 0.0796 e. The first-order valence-electron chi connectivity index (χ1n) is 14.6. The lowest BCUT2D eigenvalue weighted by Crippen LogP contribution is -2.15. The maximum atomic E-state index is 5.04. The Kier molecular flexibility index (Phi) is 5.63. The Morgan fingerprint density at radius 2 is 1.44 bits per heavy atom. The van der Waals surface area contributed by atoms with Crippen molar-refractivity contribution in [1.29, 1.82) is 0 Å². The summed E-state index contributed by atoms with van der Waals surface area (Å²) in [6.45, 7) is 13.9. The lowest BCUT2D eigenvalue weighted by molar-refractivity contribution is 0.596. The van der Waals surface area contributed by atoms with E-state index in [0.717, 1.165) is 16.9 Å². The van der Waals surface area contributed by atoms with Gasteiger partial charge < -0.3 is 4.57 Å². The van der Waals surface area contributed by atoms with E-state index in [1.807, 2.05) is 6.20 Å². The molecule has 2 aromatic heterocycles. The summed E-state index contributed by atoms with van der Waals surface area (Å²) in [6.07, 6.45) is 1.97. The van der Waals surface area contributed by atoms with Gasteiger partial charge in [-0.25, -0.2) is 0 Å². The first kappa shape index (κ1) is 25.5. The number of benzene rings is 4. The zero-order chi connectivity index (χ0) is 28.5. The Balaban J connectivity index is 1.57. The van der Waals surface area contributed by atoms with Gasteiger partial charge in [-0.3, -0.25) is 4.98 Å². The minimum absolute atomic E-state index is 0.00566. The zero-order valence-electron chi connectivity index (χ0n) is 24.8. The quantitative estimate of drug-likeness (QED) is 0.222. The minimum atomic E-state index is -0.0368. The van der Waals surface area contributed by atoms with Crippen molar-refractivity contribution in [3.05, 3.63) is 137 Å². The van der Waals surface area contributed by atoms with Gasteiger partial charge in [-0.15, -0.1) is 0 Å². The number of rotatable bonds is 3. The second-order valence-corrected chi connectivity index (χ2v) is 13.0. The summed E-state index contributed by atoms with van der Waals surface area (Å²) in [7, 11) is 0. The molecule has 0 saturated heterocycles. The van der Waals surface area contributed by atoms with Crippen molar-refractivity contribution < 1.29 is 0 Å². The molecule has 0 atom stereocenters. The van der Waals surface area contributed by atoms with Crippen molar-refractivity contribution in [2.24, 2.45) is 0 Å². The third-order valence-electron chi connectivity index (χ3n) is 9.13.